The van der Waals surface area contributed by atoms with E-state index >= 15 is 0 Å². The topological polar surface area (TPSA) is 159 Å². The molecular formula is C26H26ClFN10O3. The van der Waals surface area contributed by atoms with Gasteiger partial charge in [-0.05, 0) is 25.0 Å². The van der Waals surface area contributed by atoms with Crippen LogP contribution in [0.3, 0.4) is 0 Å². The van der Waals surface area contributed by atoms with Gasteiger partial charge in [0.1, 0.15) is 5.52 Å². The number of esters is 1. The number of H-pyrrole nitrogens is 1. The molecule has 4 aromatic heterocycles. The van der Waals surface area contributed by atoms with Crippen molar-refractivity contribution in [1.82, 2.24) is 44.6 Å². The van der Waals surface area contributed by atoms with Crippen LogP contribution in [0.1, 0.15) is 40.5 Å². The standard InChI is InChI=1S/C26H26ClFN10O3/c1-41-26(40)15-9-37(10-15)21(6-18(29)14-2-3-14)24-30-7-16(33-24)11-38-12-20(34-35-38)25(39)31-8-19-23-22(28)17(27)4-5-36(23)13-32-19/h4-7,12-15,29H,2-3,8-11H2,1H3,(H,30,33)(H,31,39)/b21-6+,29-18?. The van der Waals surface area contributed by atoms with E-state index in [4.69, 9.17) is 21.7 Å². The monoisotopic (exact) mass is 580 g/mol. The molecule has 1 aliphatic heterocycles. The number of pyridine rings is 1. The number of halogens is 2. The van der Waals surface area contributed by atoms with E-state index in [-0.39, 0.29) is 47.1 Å². The molecule has 41 heavy (non-hydrogen) atoms. The van der Waals surface area contributed by atoms with Gasteiger partial charge in [0.05, 0.1) is 60.7 Å². The van der Waals surface area contributed by atoms with Gasteiger partial charge < -0.3 is 29.7 Å². The molecule has 0 unspecified atom stereocenters. The molecule has 0 radical (unpaired) electrons. The molecule has 1 amide bonds. The Morgan fingerprint density at radius 1 is 1.32 bits per heavy atom. The lowest BCUT2D eigenvalue weighted by atomic mass is 9.98. The highest BCUT2D eigenvalue weighted by Gasteiger charge is 2.36. The van der Waals surface area contributed by atoms with Crippen LogP contribution in [0, 0.1) is 23.1 Å². The van der Waals surface area contributed by atoms with E-state index in [0.29, 0.717) is 36.0 Å². The summed E-state index contributed by atoms with van der Waals surface area (Å²) in [6, 6.07) is 1.43. The van der Waals surface area contributed by atoms with Gasteiger partial charge >= 0.3 is 5.97 Å². The Hall–Kier alpha value is -4.59. The molecule has 5 heterocycles. The van der Waals surface area contributed by atoms with E-state index in [9.17, 15) is 14.0 Å². The summed E-state index contributed by atoms with van der Waals surface area (Å²) in [5.74, 6) is -0.729. The highest BCUT2D eigenvalue weighted by molar-refractivity contribution is 6.31. The van der Waals surface area contributed by atoms with Crippen molar-refractivity contribution in [3.05, 3.63) is 70.8 Å². The molecule has 1 aliphatic carbocycles. The smallest absolute Gasteiger partial charge is 0.312 e. The fraction of sp³-hybridized carbons (Fsp3) is 0.346. The van der Waals surface area contributed by atoms with Gasteiger partial charge in [-0.25, -0.2) is 19.0 Å². The molecule has 0 bridgehead atoms. The van der Waals surface area contributed by atoms with Crippen LogP contribution in [0.25, 0.3) is 11.2 Å². The number of hydrogen-bond donors (Lipinski definition) is 3. The molecule has 2 aliphatic rings. The van der Waals surface area contributed by atoms with Crippen LogP contribution in [0.5, 0.6) is 0 Å². The van der Waals surface area contributed by atoms with E-state index < -0.39 is 11.7 Å². The van der Waals surface area contributed by atoms with E-state index in [0.717, 1.165) is 18.5 Å². The second kappa shape index (κ2) is 10.8. The second-order valence-electron chi connectivity index (χ2n) is 10.0. The zero-order valence-corrected chi connectivity index (χ0v) is 22.7. The number of methoxy groups -OCH3 is 1. The lowest BCUT2D eigenvalue weighted by Gasteiger charge is -2.40. The zero-order chi connectivity index (χ0) is 28.7. The average Bonchev–Trinajstić information content (AvgIpc) is 3.30. The molecule has 212 valence electrons. The predicted molar refractivity (Wildman–Crippen MR) is 145 cm³/mol. The Labute approximate surface area is 237 Å². The van der Waals surface area contributed by atoms with Crippen LogP contribution in [-0.4, -0.2) is 77.0 Å². The predicted octanol–water partition coefficient (Wildman–Crippen LogP) is 2.30. The minimum atomic E-state index is -0.611. The molecule has 0 atom stereocenters. The van der Waals surface area contributed by atoms with E-state index in [1.165, 1.54) is 34.8 Å². The molecule has 1 saturated heterocycles. The lowest BCUT2D eigenvalue weighted by Crippen LogP contribution is -2.49. The maximum atomic E-state index is 14.5. The number of aromatic nitrogens is 7. The quantitative estimate of drug-likeness (QED) is 0.190. The summed E-state index contributed by atoms with van der Waals surface area (Å²) in [7, 11) is 1.38. The Morgan fingerprint density at radius 3 is 2.88 bits per heavy atom. The summed E-state index contributed by atoms with van der Waals surface area (Å²) in [5.41, 5.74) is 2.53. The zero-order valence-electron chi connectivity index (χ0n) is 22.0. The van der Waals surface area contributed by atoms with E-state index in [2.05, 4.69) is 30.6 Å². The van der Waals surface area contributed by atoms with Crippen molar-refractivity contribution >= 4 is 40.4 Å². The van der Waals surface area contributed by atoms with Crippen molar-refractivity contribution in [2.24, 2.45) is 11.8 Å². The highest BCUT2D eigenvalue weighted by atomic mass is 35.5. The third-order valence-electron chi connectivity index (χ3n) is 7.12. The first-order valence-electron chi connectivity index (χ1n) is 13.0. The molecule has 6 rings (SSSR count). The number of hydrogen-bond acceptors (Lipinski definition) is 9. The van der Waals surface area contributed by atoms with E-state index in [1.807, 2.05) is 11.0 Å². The minimum absolute atomic E-state index is 0.0273. The Kier molecular flexibility index (Phi) is 6.99. The van der Waals surface area contributed by atoms with Gasteiger partial charge in [0.2, 0.25) is 0 Å². The third-order valence-corrected chi connectivity index (χ3v) is 7.41. The minimum Gasteiger partial charge on any atom is -0.469 e. The first-order chi connectivity index (χ1) is 19.8. The van der Waals surface area contributed by atoms with Gasteiger partial charge in [0, 0.05) is 37.1 Å². The number of allylic oxidation sites excluding steroid dienone is 1. The van der Waals surface area contributed by atoms with Gasteiger partial charge in [-0.1, -0.05) is 16.8 Å². The SMILES string of the molecule is COC(=O)C1CN(/C(=C/C(=N)C2CC2)c2nc(Cn3cc(C(=O)NCc4ncn5ccc(Cl)c(F)c45)nn3)c[nH]2)C1. The number of likely N-dealkylation sites (tertiary alicyclic amines) is 1. The third kappa shape index (κ3) is 5.42. The van der Waals surface area contributed by atoms with Gasteiger partial charge in [-0.15, -0.1) is 5.10 Å². The maximum Gasteiger partial charge on any atom is 0.312 e. The number of amides is 1. The van der Waals surface area contributed by atoms with Crippen LogP contribution < -0.4 is 5.32 Å². The number of nitrogens with one attached hydrogen (secondary N) is 3. The number of ether oxygens (including phenoxy) is 1. The summed E-state index contributed by atoms with van der Waals surface area (Å²) in [6.45, 7) is 1.19. The highest BCUT2D eigenvalue weighted by Crippen LogP contribution is 2.33. The maximum absolute atomic E-state index is 14.5. The number of rotatable bonds is 10. The van der Waals surface area contributed by atoms with Crippen LogP contribution in [0.4, 0.5) is 4.39 Å². The fourth-order valence-corrected chi connectivity index (χ4v) is 4.79. The Balaban J connectivity index is 1.11. The number of carbonyl (C=O) groups excluding carboxylic acids is 2. The molecule has 13 nitrogen and oxygen atoms in total. The fourth-order valence-electron chi connectivity index (χ4n) is 4.65. The Morgan fingerprint density at radius 2 is 2.12 bits per heavy atom. The molecule has 4 aromatic rings. The first kappa shape index (κ1) is 26.6. The molecule has 0 spiro atoms. The van der Waals surface area contributed by atoms with Gasteiger partial charge in [0.25, 0.3) is 5.91 Å². The molecule has 15 heteroatoms. The number of carbonyl (C=O) groups is 2. The number of aromatic amines is 1. The van der Waals surface area contributed by atoms with Crippen molar-refractivity contribution in [1.29, 1.82) is 5.41 Å². The summed E-state index contributed by atoms with van der Waals surface area (Å²) in [5, 5.41) is 19.0. The van der Waals surface area contributed by atoms with Crippen molar-refractivity contribution in [3.8, 4) is 0 Å². The summed E-state index contributed by atoms with van der Waals surface area (Å²) in [4.78, 5) is 38.6. The summed E-state index contributed by atoms with van der Waals surface area (Å²) < 4.78 is 22.3. The normalized spacial score (nSPS) is 15.7. The van der Waals surface area contributed by atoms with Crippen LogP contribution in [0.2, 0.25) is 5.02 Å². The average molecular weight is 581 g/mol. The number of nitrogens with zero attached hydrogens (tertiary/aromatic N) is 7. The van der Waals surface area contributed by atoms with Crippen LogP contribution in [-0.2, 0) is 22.6 Å². The van der Waals surface area contributed by atoms with Crippen molar-refractivity contribution in [3.63, 3.8) is 0 Å². The lowest BCUT2D eigenvalue weighted by molar-refractivity contribution is -0.149. The molecule has 2 fully saturated rings. The van der Waals surface area contributed by atoms with E-state index in [1.54, 1.807) is 12.4 Å². The van der Waals surface area contributed by atoms with Gasteiger partial charge in [-0.3, -0.25) is 9.59 Å². The largest absolute Gasteiger partial charge is 0.469 e. The van der Waals surface area contributed by atoms with Crippen molar-refractivity contribution in [2.45, 2.75) is 25.9 Å². The van der Waals surface area contributed by atoms with Gasteiger partial charge in [0.15, 0.2) is 17.3 Å². The van der Waals surface area contributed by atoms with Gasteiger partial charge in [-0.2, -0.15) is 0 Å². The Bertz CT molecular complexity index is 1680. The van der Waals surface area contributed by atoms with Crippen molar-refractivity contribution in [2.75, 3.05) is 20.2 Å². The molecule has 1 saturated carbocycles. The molecule has 3 N–H and O–H groups in total. The number of fused-ring (bicyclic) bond motifs is 1. The first-order valence-corrected chi connectivity index (χ1v) is 13.3. The van der Waals surface area contributed by atoms with Crippen LogP contribution >= 0.6 is 11.6 Å². The molecular weight excluding hydrogens is 555 g/mol. The van der Waals surface area contributed by atoms with Crippen molar-refractivity contribution < 1.29 is 18.7 Å². The number of imidazole rings is 2. The second-order valence-corrected chi connectivity index (χ2v) is 10.4. The molecule has 0 aromatic carbocycles. The van der Waals surface area contributed by atoms with Crippen LogP contribution in [0.15, 0.2) is 37.1 Å². The summed E-state index contributed by atoms with van der Waals surface area (Å²) >= 11 is 5.88. The summed E-state index contributed by atoms with van der Waals surface area (Å²) in [6.07, 6.45) is 10.1.